The highest BCUT2D eigenvalue weighted by Crippen LogP contribution is 2.10. The zero-order valence-electron chi connectivity index (χ0n) is 36.4. The lowest BCUT2D eigenvalue weighted by atomic mass is 10.0. The second-order valence-corrected chi connectivity index (χ2v) is 16.7. The predicted octanol–water partition coefficient (Wildman–Crippen LogP) is -4.87. The van der Waals surface area contributed by atoms with Crippen molar-refractivity contribution in [3.8, 4) is 0 Å². The molecule has 17 N–H and O–H groups in total. The van der Waals surface area contributed by atoms with Crippen LogP contribution in [-0.2, 0) is 53.4 Å². The van der Waals surface area contributed by atoms with Gasteiger partial charge in [0.1, 0.15) is 24.2 Å². The van der Waals surface area contributed by atoms with E-state index in [4.69, 9.17) is 22.3 Å². The number of unbranched alkanes of at least 4 members (excludes halogenated alkanes) is 1. The largest absolute Gasteiger partial charge is 0.481 e. The summed E-state index contributed by atoms with van der Waals surface area (Å²) in [5.74, 6) is -7.90. The Balaban J connectivity index is 3.60. The van der Waals surface area contributed by atoms with Crippen molar-refractivity contribution in [2.75, 3.05) is 26.2 Å². The van der Waals surface area contributed by atoms with Crippen molar-refractivity contribution >= 4 is 69.4 Å². The van der Waals surface area contributed by atoms with Gasteiger partial charge in [0.05, 0.1) is 12.5 Å². The summed E-state index contributed by atoms with van der Waals surface area (Å²) in [6.45, 7) is 2.13. The second-order valence-electron chi connectivity index (χ2n) is 15.2. The number of carboxylic acid groups (broad SMARTS) is 1. The molecule has 64 heavy (non-hydrogen) atoms. The third-order valence-electron chi connectivity index (χ3n) is 9.49. The molecule has 8 amide bonds. The third kappa shape index (κ3) is 25.4. The molecule has 364 valence electrons. The average molecular weight is 934 g/mol. The Morgan fingerprint density at radius 3 is 1.97 bits per heavy atom. The van der Waals surface area contributed by atoms with Gasteiger partial charge in [0.15, 0.2) is 12.1 Å². The number of hydrogen-bond donors (Lipinski definition) is 14. The van der Waals surface area contributed by atoms with E-state index >= 15 is 0 Å². The molecule has 0 aliphatic carbocycles. The highest BCUT2D eigenvalue weighted by atomic mass is 32.2. The first-order chi connectivity index (χ1) is 30.1. The second kappa shape index (κ2) is 30.4. The maximum absolute atomic E-state index is 14.1. The van der Waals surface area contributed by atoms with Crippen LogP contribution in [0.3, 0.4) is 0 Å². The number of carbonyl (C=O) groups excluding carboxylic acids is 8. The van der Waals surface area contributed by atoms with Crippen molar-refractivity contribution in [2.45, 2.75) is 147 Å². The number of amides is 8. The molecule has 0 bridgehead atoms. The topological polar surface area (TPSA) is 427 Å². The Morgan fingerprint density at radius 1 is 0.781 bits per heavy atom. The fourth-order valence-electron chi connectivity index (χ4n) is 6.15. The fourth-order valence-corrected chi connectivity index (χ4v) is 7.03. The van der Waals surface area contributed by atoms with E-state index in [1.165, 1.54) is 13.8 Å². The number of hydrogen-bond acceptors (Lipinski definition) is 13. The number of aliphatic hydroxyl groups excluding tert-OH is 1. The van der Waals surface area contributed by atoms with Crippen LogP contribution in [-0.4, -0.2) is 140 Å². The number of rotatable bonds is 19. The van der Waals surface area contributed by atoms with E-state index < -0.39 is 100 Å². The van der Waals surface area contributed by atoms with Gasteiger partial charge in [-0.2, -0.15) is 8.42 Å². The first kappa shape index (κ1) is 56.3. The summed E-state index contributed by atoms with van der Waals surface area (Å²) in [4.78, 5) is 120. The molecular weight excluding hydrogens is 867 g/mol. The molecule has 1 fully saturated rings. The van der Waals surface area contributed by atoms with Gasteiger partial charge in [-0.25, -0.2) is 9.44 Å². The minimum absolute atomic E-state index is 0.0308. The van der Waals surface area contributed by atoms with E-state index in [-0.39, 0.29) is 82.9 Å². The fraction of sp³-hybridized carbons (Fsp3) is 0.730. The molecule has 0 spiro atoms. The number of carboxylic acids is 1. The van der Waals surface area contributed by atoms with Crippen molar-refractivity contribution in [1.82, 2.24) is 46.7 Å². The third-order valence-corrected chi connectivity index (χ3v) is 10.7. The van der Waals surface area contributed by atoms with Gasteiger partial charge in [-0.15, -0.1) is 0 Å². The van der Waals surface area contributed by atoms with Crippen molar-refractivity contribution < 1.29 is 61.8 Å². The van der Waals surface area contributed by atoms with Gasteiger partial charge < -0.3 is 64.6 Å². The predicted molar refractivity (Wildman–Crippen MR) is 230 cm³/mol. The van der Waals surface area contributed by atoms with Crippen LogP contribution in [0.2, 0.25) is 0 Å². The van der Waals surface area contributed by atoms with Gasteiger partial charge in [0.2, 0.25) is 41.4 Å². The van der Waals surface area contributed by atoms with Crippen LogP contribution in [0.25, 0.3) is 0 Å². The Labute approximate surface area is 372 Å². The van der Waals surface area contributed by atoms with Gasteiger partial charge in [0, 0.05) is 45.9 Å². The highest BCUT2D eigenvalue weighted by Gasteiger charge is 2.33. The molecule has 0 aromatic rings. The normalized spacial score (nSPS) is 21.5. The maximum atomic E-state index is 14.1. The summed E-state index contributed by atoms with van der Waals surface area (Å²) in [7, 11) is -4.10. The van der Waals surface area contributed by atoms with Crippen LogP contribution in [0.15, 0.2) is 4.99 Å². The Kier molecular flexibility index (Phi) is 26.8. The smallest absolute Gasteiger partial charge is 0.304 e. The van der Waals surface area contributed by atoms with E-state index in [0.717, 1.165) is 0 Å². The van der Waals surface area contributed by atoms with Gasteiger partial charge >= 0.3 is 5.97 Å². The van der Waals surface area contributed by atoms with E-state index in [0.29, 0.717) is 45.1 Å². The Bertz CT molecular complexity index is 1730. The number of nitrogens with zero attached hydrogens (tertiary/aromatic N) is 1. The van der Waals surface area contributed by atoms with E-state index in [1.807, 2.05) is 0 Å². The minimum atomic E-state index is -4.10. The molecule has 0 aromatic carbocycles. The number of nitrogens with two attached hydrogens (primary N) is 3. The van der Waals surface area contributed by atoms with E-state index in [9.17, 15) is 56.7 Å². The first-order valence-corrected chi connectivity index (χ1v) is 22.6. The molecule has 0 radical (unpaired) electrons. The number of aliphatic hydroxyl groups is 1. The van der Waals surface area contributed by atoms with Crippen LogP contribution >= 0.6 is 0 Å². The van der Waals surface area contributed by atoms with Crippen LogP contribution < -0.4 is 63.9 Å². The minimum Gasteiger partial charge on any atom is -0.481 e. The molecule has 0 saturated carbocycles. The monoisotopic (exact) mass is 933 g/mol. The number of guanidine groups is 1. The first-order valence-electron chi connectivity index (χ1n) is 21.1. The molecular formula is C37H67N13O13S. The number of aliphatic carboxylic acids is 1. The van der Waals surface area contributed by atoms with Crippen LogP contribution in [0, 0.1) is 0 Å². The Hall–Kier alpha value is -5.67. The molecule has 27 heteroatoms. The van der Waals surface area contributed by atoms with E-state index in [2.05, 4.69) is 51.7 Å². The lowest BCUT2D eigenvalue weighted by molar-refractivity contribution is -0.137. The molecule has 1 aliphatic rings. The molecule has 6 atom stereocenters. The van der Waals surface area contributed by atoms with Gasteiger partial charge in [-0.3, -0.25) is 48.1 Å². The lowest BCUT2D eigenvalue weighted by Gasteiger charge is -2.28. The quantitative estimate of drug-likeness (QED) is 0.0328. The van der Waals surface area contributed by atoms with Gasteiger partial charge in [0.25, 0.3) is 16.1 Å². The SMILES string of the molecule is CC(=O)N[C@H]1CCCCNC(=O)CCCCCCC(=O)NC(C(=O)N[C@H](C(N)=O)[C@@H](C)O)NC(=O)C(CCCCNS(=O)(=O)NCCC(=O)O)NC(=O)[C@H](CCCN=C(N)N)NC1=O. The Morgan fingerprint density at radius 2 is 1.38 bits per heavy atom. The molecule has 2 unspecified atom stereocenters. The van der Waals surface area contributed by atoms with Gasteiger partial charge in [-0.1, -0.05) is 12.8 Å². The molecule has 1 aliphatic heterocycles. The van der Waals surface area contributed by atoms with Crippen LogP contribution in [0.5, 0.6) is 0 Å². The molecule has 0 aromatic heterocycles. The van der Waals surface area contributed by atoms with Crippen molar-refractivity contribution in [3.63, 3.8) is 0 Å². The summed E-state index contributed by atoms with van der Waals surface area (Å²) in [6.07, 6.45) is -0.878. The number of nitrogens with one attached hydrogen (secondary N) is 9. The van der Waals surface area contributed by atoms with Crippen molar-refractivity contribution in [2.24, 2.45) is 22.2 Å². The molecule has 1 saturated heterocycles. The number of aliphatic imine (C=N–C) groups is 1. The molecule has 1 heterocycles. The maximum Gasteiger partial charge on any atom is 0.304 e. The molecule has 26 nitrogen and oxygen atoms in total. The van der Waals surface area contributed by atoms with Gasteiger partial charge in [-0.05, 0) is 71.1 Å². The summed E-state index contributed by atoms with van der Waals surface area (Å²) in [6, 6.07) is -5.66. The van der Waals surface area contributed by atoms with Crippen molar-refractivity contribution in [3.05, 3.63) is 0 Å². The summed E-state index contributed by atoms with van der Waals surface area (Å²) in [5.41, 5.74) is 16.2. The van der Waals surface area contributed by atoms with Crippen LogP contribution in [0.4, 0.5) is 0 Å². The molecule has 1 rings (SSSR count). The average Bonchev–Trinajstić information content (AvgIpc) is 3.19. The van der Waals surface area contributed by atoms with E-state index in [1.54, 1.807) is 0 Å². The standard InChI is InChI=1S/C37H67N13O13S/c1-22(51)30(31(38)57)49-36(61)32-48-28(54)16-6-4-3-5-15-27(53)41-18-9-7-12-24(45-23(2)52)33(58)47-26(14-11-19-42-37(39)40)34(59)46-25(35(60)50-32)13-8-10-20-43-64(62,63)44-21-17-29(55)56/h22,24-26,30,32,43-44,51H,3-21H2,1-2H3,(H2,38,57)(H,41,53)(H,45,52)(H,46,59)(H,47,58)(H,48,54)(H,49,61)(H,50,60)(H,55,56)(H4,39,40,42)/t22-,24+,25?,26+,30+,32?/m1/s1. The number of carbonyl (C=O) groups is 9. The summed E-state index contributed by atoms with van der Waals surface area (Å²) < 4.78 is 28.8. The zero-order chi connectivity index (χ0) is 48.2. The number of primary amides is 1. The lowest BCUT2D eigenvalue weighted by Crippen LogP contribution is -2.63. The highest BCUT2D eigenvalue weighted by molar-refractivity contribution is 7.87. The zero-order valence-corrected chi connectivity index (χ0v) is 37.2. The summed E-state index contributed by atoms with van der Waals surface area (Å²) >= 11 is 0. The van der Waals surface area contributed by atoms with Crippen molar-refractivity contribution in [1.29, 1.82) is 0 Å². The summed E-state index contributed by atoms with van der Waals surface area (Å²) in [5, 5.41) is 36.3. The van der Waals surface area contributed by atoms with Crippen LogP contribution in [0.1, 0.15) is 110 Å².